The quantitative estimate of drug-likeness (QED) is 0.537. The number of allylic oxidation sites excluding steroid dienone is 1. The lowest BCUT2D eigenvalue weighted by Gasteiger charge is -2.11. The number of ether oxygens (including phenoxy) is 3. The summed E-state index contributed by atoms with van der Waals surface area (Å²) in [6.45, 7) is -0.568. The summed E-state index contributed by atoms with van der Waals surface area (Å²) in [5.74, 6) is -0.155. The Bertz CT molecular complexity index is 777. The summed E-state index contributed by atoms with van der Waals surface area (Å²) < 4.78 is 15.3. The van der Waals surface area contributed by atoms with Gasteiger partial charge in [-0.3, -0.25) is 4.79 Å². The maximum atomic E-state index is 12.2. The minimum Gasteiger partial charge on any atom is -0.546 e. The van der Waals surface area contributed by atoms with Crippen molar-refractivity contribution in [3.05, 3.63) is 59.7 Å². The summed E-state index contributed by atoms with van der Waals surface area (Å²) in [5.41, 5.74) is 1.25. The predicted molar refractivity (Wildman–Crippen MR) is 89.9 cm³/mol. The van der Waals surface area contributed by atoms with Crippen molar-refractivity contribution in [1.82, 2.24) is 0 Å². The zero-order valence-corrected chi connectivity index (χ0v) is 13.9. The molecule has 0 unspecified atom stereocenters. The Morgan fingerprint density at radius 3 is 2.32 bits per heavy atom. The number of benzene rings is 2. The van der Waals surface area contributed by atoms with E-state index in [1.165, 1.54) is 13.2 Å². The molecule has 130 valence electrons. The fourth-order valence-electron chi connectivity index (χ4n) is 2.07. The maximum Gasteiger partial charge on any atom is 0.185 e. The molecule has 0 fully saturated rings. The third-order valence-corrected chi connectivity index (χ3v) is 3.33. The number of hydrogen-bond donors (Lipinski definition) is 0. The first-order chi connectivity index (χ1) is 12.0. The van der Waals surface area contributed by atoms with Crippen molar-refractivity contribution in [1.29, 1.82) is 0 Å². The molecule has 2 aromatic rings. The third-order valence-electron chi connectivity index (χ3n) is 3.33. The van der Waals surface area contributed by atoms with Gasteiger partial charge in [-0.05, 0) is 48.0 Å². The van der Waals surface area contributed by atoms with Gasteiger partial charge in [-0.25, -0.2) is 0 Å². The summed E-state index contributed by atoms with van der Waals surface area (Å²) in [6.07, 6.45) is 3.08. The van der Waals surface area contributed by atoms with Gasteiger partial charge in [0.05, 0.1) is 20.2 Å². The Hall–Kier alpha value is -3.28. The van der Waals surface area contributed by atoms with E-state index in [0.717, 1.165) is 0 Å². The van der Waals surface area contributed by atoms with E-state index in [-0.39, 0.29) is 11.5 Å². The van der Waals surface area contributed by atoms with Gasteiger partial charge in [-0.15, -0.1) is 0 Å². The van der Waals surface area contributed by atoms with Crippen molar-refractivity contribution >= 4 is 17.8 Å². The highest BCUT2D eigenvalue weighted by Crippen LogP contribution is 2.28. The van der Waals surface area contributed by atoms with Gasteiger partial charge >= 0.3 is 0 Å². The smallest absolute Gasteiger partial charge is 0.185 e. The van der Waals surface area contributed by atoms with Crippen molar-refractivity contribution in [3.8, 4) is 17.2 Å². The zero-order valence-electron chi connectivity index (χ0n) is 13.9. The average molecular weight is 341 g/mol. The Labute approximate surface area is 145 Å². The van der Waals surface area contributed by atoms with E-state index in [1.807, 2.05) is 0 Å². The van der Waals surface area contributed by atoms with Crippen LogP contribution in [0.5, 0.6) is 17.2 Å². The first-order valence-corrected chi connectivity index (χ1v) is 7.40. The number of carboxylic acids is 1. The van der Waals surface area contributed by atoms with Crippen LogP contribution in [0.1, 0.15) is 15.9 Å². The van der Waals surface area contributed by atoms with Crippen LogP contribution in [0, 0.1) is 0 Å². The van der Waals surface area contributed by atoms with E-state index in [9.17, 15) is 14.7 Å². The van der Waals surface area contributed by atoms with Gasteiger partial charge in [-0.2, -0.15) is 0 Å². The molecular weight excluding hydrogens is 324 g/mol. The summed E-state index contributed by atoms with van der Waals surface area (Å²) in [4.78, 5) is 22.6. The van der Waals surface area contributed by atoms with Crippen LogP contribution in [0.3, 0.4) is 0 Å². The summed E-state index contributed by atoms with van der Waals surface area (Å²) >= 11 is 0. The van der Waals surface area contributed by atoms with Gasteiger partial charge in [0.2, 0.25) is 0 Å². The van der Waals surface area contributed by atoms with E-state index in [4.69, 9.17) is 14.2 Å². The standard InChI is InChI=1S/C19H18O6/c1-23-15-7-5-14(6-8-15)16(20)9-3-13-4-10-17(18(11-13)24-2)25-12-19(21)22/h3-11H,12H2,1-2H3,(H,21,22)/p-1/b9-3+. The van der Waals surface area contributed by atoms with Crippen molar-refractivity contribution in [2.75, 3.05) is 20.8 Å². The summed E-state index contributed by atoms with van der Waals surface area (Å²) in [7, 11) is 3.00. The first kappa shape index (κ1) is 18.1. The molecule has 0 aliphatic carbocycles. The molecule has 0 aliphatic rings. The minimum absolute atomic E-state index is 0.154. The number of ketones is 1. The molecule has 0 N–H and O–H groups in total. The molecule has 25 heavy (non-hydrogen) atoms. The molecule has 0 aromatic heterocycles. The molecule has 0 heterocycles. The molecule has 2 rings (SSSR count). The molecular formula is C19H17O6-. The van der Waals surface area contributed by atoms with E-state index >= 15 is 0 Å². The molecule has 0 radical (unpaired) electrons. The Balaban J connectivity index is 2.11. The van der Waals surface area contributed by atoms with E-state index in [2.05, 4.69) is 0 Å². The van der Waals surface area contributed by atoms with Gasteiger partial charge < -0.3 is 24.1 Å². The topological polar surface area (TPSA) is 84.9 Å². The van der Waals surface area contributed by atoms with Crippen LogP contribution < -0.4 is 19.3 Å². The molecule has 2 aromatic carbocycles. The number of rotatable bonds is 8. The first-order valence-electron chi connectivity index (χ1n) is 7.40. The minimum atomic E-state index is -1.32. The molecule has 0 bridgehead atoms. The largest absolute Gasteiger partial charge is 0.546 e. The normalized spacial score (nSPS) is 10.5. The Morgan fingerprint density at radius 2 is 1.72 bits per heavy atom. The van der Waals surface area contributed by atoms with Crippen LogP contribution in [0.25, 0.3) is 6.08 Å². The highest BCUT2D eigenvalue weighted by Gasteiger charge is 2.06. The van der Waals surface area contributed by atoms with E-state index < -0.39 is 12.6 Å². The fourth-order valence-corrected chi connectivity index (χ4v) is 2.07. The predicted octanol–water partition coefficient (Wildman–Crippen LogP) is 1.73. The number of carbonyl (C=O) groups is 2. The molecule has 6 nitrogen and oxygen atoms in total. The Morgan fingerprint density at radius 1 is 1.00 bits per heavy atom. The van der Waals surface area contributed by atoms with E-state index in [0.29, 0.717) is 22.6 Å². The van der Waals surface area contributed by atoms with Crippen molar-refractivity contribution < 1.29 is 28.9 Å². The highest BCUT2D eigenvalue weighted by molar-refractivity contribution is 6.06. The fraction of sp³-hybridized carbons (Fsp3) is 0.158. The SMILES string of the molecule is COc1ccc(C(=O)/C=C/c2ccc(OCC(=O)[O-])c(OC)c2)cc1. The molecule has 0 saturated heterocycles. The second kappa shape index (κ2) is 8.54. The van der Waals surface area contributed by atoms with Crippen LogP contribution in [0.4, 0.5) is 0 Å². The molecule has 0 aliphatic heterocycles. The van der Waals surface area contributed by atoms with Gasteiger partial charge in [0, 0.05) is 5.56 Å². The van der Waals surface area contributed by atoms with Crippen LogP contribution in [0.2, 0.25) is 0 Å². The summed E-state index contributed by atoms with van der Waals surface area (Å²) in [5, 5.41) is 10.5. The van der Waals surface area contributed by atoms with Gasteiger partial charge in [0.1, 0.15) is 12.4 Å². The van der Waals surface area contributed by atoms with Crippen molar-refractivity contribution in [2.45, 2.75) is 0 Å². The lowest BCUT2D eigenvalue weighted by Crippen LogP contribution is -2.29. The zero-order chi connectivity index (χ0) is 18.2. The average Bonchev–Trinajstić information content (AvgIpc) is 2.64. The molecule has 0 amide bonds. The number of methoxy groups -OCH3 is 2. The maximum absolute atomic E-state index is 12.2. The van der Waals surface area contributed by atoms with Gasteiger partial charge in [0.15, 0.2) is 17.3 Å². The lowest BCUT2D eigenvalue weighted by molar-refractivity contribution is -0.307. The Kier molecular flexibility index (Phi) is 6.17. The molecule has 0 saturated carbocycles. The molecule has 0 spiro atoms. The highest BCUT2D eigenvalue weighted by atomic mass is 16.5. The third kappa shape index (κ3) is 5.10. The lowest BCUT2D eigenvalue weighted by atomic mass is 10.1. The number of hydrogen-bond acceptors (Lipinski definition) is 6. The van der Waals surface area contributed by atoms with E-state index in [1.54, 1.807) is 55.7 Å². The second-order valence-corrected chi connectivity index (χ2v) is 5.00. The van der Waals surface area contributed by atoms with Crippen LogP contribution >= 0.6 is 0 Å². The number of aliphatic carboxylic acids is 1. The van der Waals surface area contributed by atoms with Crippen molar-refractivity contribution in [2.24, 2.45) is 0 Å². The van der Waals surface area contributed by atoms with Crippen LogP contribution in [0.15, 0.2) is 48.5 Å². The second-order valence-electron chi connectivity index (χ2n) is 5.00. The van der Waals surface area contributed by atoms with Gasteiger partial charge in [-0.1, -0.05) is 12.1 Å². The number of carbonyl (C=O) groups excluding carboxylic acids is 2. The van der Waals surface area contributed by atoms with Crippen LogP contribution in [-0.2, 0) is 4.79 Å². The van der Waals surface area contributed by atoms with Crippen molar-refractivity contribution in [3.63, 3.8) is 0 Å². The van der Waals surface area contributed by atoms with Gasteiger partial charge in [0.25, 0.3) is 0 Å². The summed E-state index contributed by atoms with van der Waals surface area (Å²) in [6, 6.07) is 11.7. The van der Waals surface area contributed by atoms with Crippen LogP contribution in [-0.4, -0.2) is 32.6 Å². The molecule has 6 heteroatoms. The number of carboxylic acid groups (broad SMARTS) is 1. The monoisotopic (exact) mass is 341 g/mol. The molecule has 0 atom stereocenters.